The minimum atomic E-state index is -0.797. The van der Waals surface area contributed by atoms with Gasteiger partial charge in [-0.1, -0.05) is 6.58 Å². The lowest BCUT2D eigenvalue weighted by Gasteiger charge is -2.38. The zero-order valence-corrected chi connectivity index (χ0v) is 12.7. The van der Waals surface area contributed by atoms with Crippen LogP contribution >= 0.6 is 0 Å². The number of likely N-dealkylation sites (tertiary alicyclic amines) is 1. The van der Waals surface area contributed by atoms with E-state index in [1.54, 1.807) is 6.92 Å². The summed E-state index contributed by atoms with van der Waals surface area (Å²) in [5, 5.41) is 0. The number of amides is 2. The number of β-lactam (4-membered cyclic amide) rings is 1. The van der Waals surface area contributed by atoms with Crippen molar-refractivity contribution in [2.24, 2.45) is 5.92 Å². The second kappa shape index (κ2) is 6.29. The first kappa shape index (κ1) is 16.2. The number of imide groups is 1. The predicted octanol–water partition coefficient (Wildman–Crippen LogP) is 0.922. The molecule has 7 heteroatoms. The fourth-order valence-corrected chi connectivity index (χ4v) is 2.66. The summed E-state index contributed by atoms with van der Waals surface area (Å²) in [6, 6.07) is 0. The van der Waals surface area contributed by atoms with Crippen molar-refractivity contribution >= 4 is 23.8 Å². The van der Waals surface area contributed by atoms with E-state index in [0.29, 0.717) is 24.8 Å². The predicted molar refractivity (Wildman–Crippen MR) is 74.1 cm³/mol. The van der Waals surface area contributed by atoms with E-state index in [9.17, 15) is 19.2 Å². The molecule has 0 aromatic heterocycles. The van der Waals surface area contributed by atoms with Crippen molar-refractivity contribution in [1.82, 2.24) is 4.90 Å². The van der Waals surface area contributed by atoms with E-state index >= 15 is 0 Å². The van der Waals surface area contributed by atoms with Crippen LogP contribution in [0.15, 0.2) is 12.2 Å². The maximum atomic E-state index is 12.4. The number of carbonyl (C=O) groups is 4. The van der Waals surface area contributed by atoms with E-state index < -0.39 is 24.1 Å². The summed E-state index contributed by atoms with van der Waals surface area (Å²) in [6.45, 7) is 6.29. The number of hydrogen-bond donors (Lipinski definition) is 0. The number of esters is 2. The lowest BCUT2D eigenvalue weighted by atomic mass is 10.0. The van der Waals surface area contributed by atoms with Gasteiger partial charge in [0.1, 0.15) is 6.10 Å². The smallest absolute Gasteiger partial charge is 0.333 e. The molecule has 3 unspecified atom stereocenters. The Morgan fingerprint density at radius 1 is 1.18 bits per heavy atom. The van der Waals surface area contributed by atoms with Gasteiger partial charge in [0.05, 0.1) is 6.42 Å². The largest absolute Gasteiger partial charge is 0.459 e. The number of hydrogen-bond acceptors (Lipinski definition) is 6. The first-order valence-corrected chi connectivity index (χ1v) is 7.19. The molecule has 0 aromatic carbocycles. The molecule has 0 radical (unpaired) electrons. The van der Waals surface area contributed by atoms with E-state index in [1.165, 1.54) is 6.92 Å². The maximum absolute atomic E-state index is 12.4. The van der Waals surface area contributed by atoms with Gasteiger partial charge in [0.15, 0.2) is 6.23 Å². The Kier molecular flexibility index (Phi) is 4.63. The molecule has 1 aliphatic heterocycles. The average Bonchev–Trinajstić information content (AvgIpc) is 2.85. The Balaban J connectivity index is 1.91. The van der Waals surface area contributed by atoms with Gasteiger partial charge < -0.3 is 9.47 Å². The minimum Gasteiger partial charge on any atom is -0.459 e. The van der Waals surface area contributed by atoms with Crippen LogP contribution < -0.4 is 0 Å². The van der Waals surface area contributed by atoms with Gasteiger partial charge in [-0.2, -0.15) is 0 Å². The molecule has 2 rings (SSSR count). The van der Waals surface area contributed by atoms with Crippen LogP contribution in [-0.4, -0.2) is 41.0 Å². The number of ether oxygens (including phenoxy) is 2. The van der Waals surface area contributed by atoms with Crippen molar-refractivity contribution in [3.63, 3.8) is 0 Å². The second-order valence-corrected chi connectivity index (χ2v) is 5.69. The molecule has 7 nitrogen and oxygen atoms in total. The van der Waals surface area contributed by atoms with E-state index in [4.69, 9.17) is 9.47 Å². The average molecular weight is 309 g/mol. The molecule has 2 aliphatic rings. The Bertz CT molecular complexity index is 540. The first-order valence-electron chi connectivity index (χ1n) is 7.19. The number of nitrogens with zero attached hydrogens (tertiary/aromatic N) is 1. The van der Waals surface area contributed by atoms with E-state index in [2.05, 4.69) is 6.58 Å². The van der Waals surface area contributed by atoms with Gasteiger partial charge >= 0.3 is 11.9 Å². The van der Waals surface area contributed by atoms with Crippen LogP contribution in [0.3, 0.4) is 0 Å². The summed E-state index contributed by atoms with van der Waals surface area (Å²) >= 11 is 0. The Labute approximate surface area is 128 Å². The zero-order valence-electron chi connectivity index (χ0n) is 12.7. The molecule has 1 aliphatic carbocycles. The highest BCUT2D eigenvalue weighted by molar-refractivity contribution is 6.01. The Hall–Kier alpha value is -2.18. The summed E-state index contributed by atoms with van der Waals surface area (Å²) in [7, 11) is 0. The minimum absolute atomic E-state index is 0.0338. The molecule has 0 aromatic rings. The van der Waals surface area contributed by atoms with Crippen LogP contribution in [0.1, 0.15) is 39.5 Å². The molecular weight excluding hydrogens is 290 g/mol. The summed E-state index contributed by atoms with van der Waals surface area (Å²) in [5.41, 5.74) is 0.308. The van der Waals surface area contributed by atoms with E-state index in [0.717, 1.165) is 4.90 Å². The number of rotatable bonds is 4. The molecule has 1 heterocycles. The Morgan fingerprint density at radius 2 is 1.86 bits per heavy atom. The first-order chi connectivity index (χ1) is 10.3. The molecule has 1 saturated carbocycles. The van der Waals surface area contributed by atoms with Gasteiger partial charge in [0.25, 0.3) is 0 Å². The molecule has 120 valence electrons. The Morgan fingerprint density at radius 3 is 2.41 bits per heavy atom. The van der Waals surface area contributed by atoms with E-state index in [1.807, 2.05) is 0 Å². The van der Waals surface area contributed by atoms with Crippen LogP contribution in [0.5, 0.6) is 0 Å². The lowest BCUT2D eigenvalue weighted by molar-refractivity contribution is -0.188. The fourth-order valence-electron chi connectivity index (χ4n) is 2.66. The van der Waals surface area contributed by atoms with Crippen molar-refractivity contribution in [1.29, 1.82) is 0 Å². The summed E-state index contributed by atoms with van der Waals surface area (Å²) in [6.07, 6.45) is 0.357. The molecule has 0 bridgehead atoms. The van der Waals surface area contributed by atoms with Gasteiger partial charge in [-0.15, -0.1) is 0 Å². The van der Waals surface area contributed by atoms with Crippen molar-refractivity contribution in [2.75, 3.05) is 0 Å². The van der Waals surface area contributed by atoms with Gasteiger partial charge in [0.2, 0.25) is 11.8 Å². The maximum Gasteiger partial charge on any atom is 0.333 e. The van der Waals surface area contributed by atoms with Crippen LogP contribution in [0.4, 0.5) is 0 Å². The highest BCUT2D eigenvalue weighted by Crippen LogP contribution is 2.33. The zero-order chi connectivity index (χ0) is 16.4. The molecular formula is C15H19NO6. The summed E-state index contributed by atoms with van der Waals surface area (Å²) in [4.78, 5) is 47.3. The van der Waals surface area contributed by atoms with Gasteiger partial charge in [-0.25, -0.2) is 9.69 Å². The molecule has 2 fully saturated rings. The quantitative estimate of drug-likeness (QED) is 0.332. The molecule has 0 spiro atoms. The van der Waals surface area contributed by atoms with Crippen LogP contribution in [-0.2, 0) is 28.7 Å². The van der Waals surface area contributed by atoms with E-state index in [-0.39, 0.29) is 24.3 Å². The lowest BCUT2D eigenvalue weighted by Crippen LogP contribution is -2.58. The van der Waals surface area contributed by atoms with Crippen molar-refractivity contribution in [3.05, 3.63) is 12.2 Å². The summed E-state index contributed by atoms with van der Waals surface area (Å²) < 4.78 is 10.1. The van der Waals surface area contributed by atoms with Crippen molar-refractivity contribution in [2.45, 2.75) is 51.9 Å². The highest BCUT2D eigenvalue weighted by Gasteiger charge is 2.47. The topological polar surface area (TPSA) is 90.0 Å². The fraction of sp³-hybridized carbons (Fsp3) is 0.600. The number of carbonyl (C=O) groups excluding carboxylic acids is 4. The molecule has 2 amide bonds. The molecule has 22 heavy (non-hydrogen) atoms. The van der Waals surface area contributed by atoms with Crippen molar-refractivity contribution in [3.8, 4) is 0 Å². The monoisotopic (exact) mass is 309 g/mol. The molecule has 1 saturated heterocycles. The van der Waals surface area contributed by atoms with Crippen LogP contribution in [0, 0.1) is 5.92 Å². The third kappa shape index (κ3) is 3.35. The van der Waals surface area contributed by atoms with Gasteiger partial charge in [-0.3, -0.25) is 14.4 Å². The van der Waals surface area contributed by atoms with Crippen molar-refractivity contribution < 1.29 is 28.7 Å². The third-order valence-corrected chi connectivity index (χ3v) is 3.80. The highest BCUT2D eigenvalue weighted by atomic mass is 16.6. The second-order valence-electron chi connectivity index (χ2n) is 5.69. The van der Waals surface area contributed by atoms with Gasteiger partial charge in [-0.05, 0) is 26.2 Å². The molecule has 0 N–H and O–H groups in total. The summed E-state index contributed by atoms with van der Waals surface area (Å²) in [5.74, 6) is -2.12. The van der Waals surface area contributed by atoms with Gasteiger partial charge in [0, 0.05) is 18.4 Å². The van der Waals surface area contributed by atoms with Crippen LogP contribution in [0.2, 0.25) is 0 Å². The van der Waals surface area contributed by atoms with Crippen LogP contribution in [0.25, 0.3) is 0 Å². The SMILES string of the molecule is C=C(C)C(=O)OC1CCC(C(=O)N2C(=O)CC2OC(C)=O)C1. The standard InChI is InChI=1S/C15H19NO6/c1-8(2)15(20)22-11-5-4-10(6-11)14(19)16-12(18)7-13(16)21-9(3)17/h10-11,13H,1,4-7H2,2-3H3. The third-order valence-electron chi connectivity index (χ3n) is 3.80. The molecule has 3 atom stereocenters. The normalized spacial score (nSPS) is 27.1.